The minimum Gasteiger partial charge on any atom is -0.296 e. The zero-order valence-corrected chi connectivity index (χ0v) is 10.4. The first-order chi connectivity index (χ1) is 7.65. The van der Waals surface area contributed by atoms with Gasteiger partial charge in [-0.05, 0) is 25.6 Å². The minimum absolute atomic E-state index is 0.0409. The van der Waals surface area contributed by atoms with Gasteiger partial charge in [-0.1, -0.05) is 24.6 Å². The van der Waals surface area contributed by atoms with Crippen LogP contribution in [0.25, 0.3) is 0 Å². The number of pyridine rings is 1. The van der Waals surface area contributed by atoms with Gasteiger partial charge >= 0.3 is 0 Å². The van der Waals surface area contributed by atoms with Crippen molar-refractivity contribution in [2.45, 2.75) is 20.4 Å². The monoisotopic (exact) mass is 237 g/mol. The average Bonchev–Trinajstić information content (AvgIpc) is 2.28. The van der Waals surface area contributed by atoms with Crippen molar-refractivity contribution < 1.29 is 0 Å². The topological polar surface area (TPSA) is 39.9 Å². The van der Waals surface area contributed by atoms with Gasteiger partial charge in [0, 0.05) is 13.1 Å². The molecular formula is C12H16ClN3. The zero-order valence-electron chi connectivity index (χ0n) is 9.65. The van der Waals surface area contributed by atoms with E-state index in [4.69, 9.17) is 16.9 Å². The van der Waals surface area contributed by atoms with Gasteiger partial charge in [0.15, 0.2) is 0 Å². The molecule has 1 rings (SSSR count). The van der Waals surface area contributed by atoms with Crippen LogP contribution in [-0.4, -0.2) is 23.0 Å². The van der Waals surface area contributed by atoms with Gasteiger partial charge < -0.3 is 0 Å². The van der Waals surface area contributed by atoms with E-state index in [9.17, 15) is 0 Å². The molecule has 0 spiro atoms. The molecule has 0 radical (unpaired) electrons. The summed E-state index contributed by atoms with van der Waals surface area (Å²) >= 11 is 5.82. The molecule has 0 aromatic carbocycles. The van der Waals surface area contributed by atoms with Crippen LogP contribution in [0.5, 0.6) is 0 Å². The first-order valence-corrected chi connectivity index (χ1v) is 5.77. The van der Waals surface area contributed by atoms with Gasteiger partial charge in [0.2, 0.25) is 0 Å². The van der Waals surface area contributed by atoms with Crippen LogP contribution >= 0.6 is 11.6 Å². The van der Waals surface area contributed by atoms with Gasteiger partial charge in [-0.25, -0.2) is 4.98 Å². The predicted octanol–water partition coefficient (Wildman–Crippen LogP) is 2.72. The van der Waals surface area contributed by atoms with Crippen LogP contribution in [0.15, 0.2) is 18.2 Å². The molecule has 0 bridgehead atoms. The van der Waals surface area contributed by atoms with E-state index in [1.54, 1.807) is 6.07 Å². The molecule has 1 aromatic rings. The summed E-state index contributed by atoms with van der Waals surface area (Å²) in [7, 11) is 0. The molecule has 0 saturated carbocycles. The van der Waals surface area contributed by atoms with Crippen molar-refractivity contribution in [2.75, 3.05) is 13.1 Å². The molecule has 0 saturated heterocycles. The van der Waals surface area contributed by atoms with Crippen molar-refractivity contribution in [3.63, 3.8) is 0 Å². The van der Waals surface area contributed by atoms with Crippen LogP contribution in [0.1, 0.15) is 19.5 Å². The minimum atomic E-state index is 0.0409. The lowest BCUT2D eigenvalue weighted by atomic mass is 10.2. The molecule has 1 heterocycles. The van der Waals surface area contributed by atoms with Gasteiger partial charge in [-0.15, -0.1) is 0 Å². The predicted molar refractivity (Wildman–Crippen MR) is 65.0 cm³/mol. The van der Waals surface area contributed by atoms with Crippen LogP contribution < -0.4 is 0 Å². The third-order valence-corrected chi connectivity index (χ3v) is 2.57. The highest BCUT2D eigenvalue weighted by Crippen LogP contribution is 2.09. The van der Waals surface area contributed by atoms with Crippen LogP contribution in [0, 0.1) is 17.2 Å². The maximum atomic E-state index is 8.78. The van der Waals surface area contributed by atoms with E-state index in [0.717, 1.165) is 25.3 Å². The number of halogens is 1. The number of aromatic nitrogens is 1. The van der Waals surface area contributed by atoms with Crippen molar-refractivity contribution in [1.82, 2.24) is 9.88 Å². The molecule has 0 aliphatic carbocycles. The van der Waals surface area contributed by atoms with E-state index in [2.05, 4.69) is 22.9 Å². The van der Waals surface area contributed by atoms with E-state index >= 15 is 0 Å². The van der Waals surface area contributed by atoms with Crippen LogP contribution in [0.2, 0.25) is 5.15 Å². The summed E-state index contributed by atoms with van der Waals surface area (Å²) in [5.41, 5.74) is 0.944. The molecule has 0 aliphatic rings. The van der Waals surface area contributed by atoms with E-state index in [0.29, 0.717) is 5.15 Å². The Labute approximate surface area is 102 Å². The van der Waals surface area contributed by atoms with Crippen molar-refractivity contribution in [1.29, 1.82) is 5.26 Å². The third kappa shape index (κ3) is 4.18. The van der Waals surface area contributed by atoms with Crippen LogP contribution in [0.3, 0.4) is 0 Å². The smallest absolute Gasteiger partial charge is 0.129 e. The fourth-order valence-electron chi connectivity index (χ4n) is 1.50. The van der Waals surface area contributed by atoms with E-state index in [1.807, 2.05) is 19.1 Å². The standard InChI is InChI=1S/C12H16ClN3/c1-3-16(8-10(2)7-14)9-11-5-4-6-12(13)15-11/h4-6,10H,3,8-9H2,1-2H3. The highest BCUT2D eigenvalue weighted by atomic mass is 35.5. The highest BCUT2D eigenvalue weighted by Gasteiger charge is 2.09. The largest absolute Gasteiger partial charge is 0.296 e. The lowest BCUT2D eigenvalue weighted by Crippen LogP contribution is -2.27. The Balaban J connectivity index is 2.60. The van der Waals surface area contributed by atoms with Gasteiger partial charge in [0.1, 0.15) is 5.15 Å². The van der Waals surface area contributed by atoms with Crippen LogP contribution in [0.4, 0.5) is 0 Å². The first kappa shape index (κ1) is 13.0. The van der Waals surface area contributed by atoms with Gasteiger partial charge in [-0.3, -0.25) is 4.90 Å². The molecule has 16 heavy (non-hydrogen) atoms. The molecule has 86 valence electrons. The number of hydrogen-bond donors (Lipinski definition) is 0. The Morgan fingerprint density at radius 2 is 2.31 bits per heavy atom. The first-order valence-electron chi connectivity index (χ1n) is 5.39. The highest BCUT2D eigenvalue weighted by molar-refractivity contribution is 6.29. The second kappa shape index (κ2) is 6.47. The number of rotatable bonds is 5. The van der Waals surface area contributed by atoms with Crippen molar-refractivity contribution in [3.05, 3.63) is 29.0 Å². The van der Waals surface area contributed by atoms with Crippen LogP contribution in [-0.2, 0) is 6.54 Å². The van der Waals surface area contributed by atoms with Gasteiger partial charge in [0.05, 0.1) is 17.7 Å². The Bertz CT molecular complexity index is 373. The summed E-state index contributed by atoms with van der Waals surface area (Å²) in [6.07, 6.45) is 0. The zero-order chi connectivity index (χ0) is 12.0. The summed E-state index contributed by atoms with van der Waals surface area (Å²) in [6.45, 7) is 6.41. The maximum Gasteiger partial charge on any atom is 0.129 e. The lowest BCUT2D eigenvalue weighted by Gasteiger charge is -2.20. The lowest BCUT2D eigenvalue weighted by molar-refractivity contribution is 0.257. The van der Waals surface area contributed by atoms with E-state index in [-0.39, 0.29) is 5.92 Å². The summed E-state index contributed by atoms with van der Waals surface area (Å²) in [4.78, 5) is 6.42. The Kier molecular flexibility index (Phi) is 5.24. The molecule has 0 N–H and O–H groups in total. The third-order valence-electron chi connectivity index (χ3n) is 2.36. The maximum absolute atomic E-state index is 8.78. The number of hydrogen-bond acceptors (Lipinski definition) is 3. The van der Waals surface area contributed by atoms with Gasteiger partial charge in [0.25, 0.3) is 0 Å². The molecule has 1 aromatic heterocycles. The number of nitriles is 1. The van der Waals surface area contributed by atoms with E-state index in [1.165, 1.54) is 0 Å². The summed E-state index contributed by atoms with van der Waals surface area (Å²) in [5, 5.41) is 9.29. The van der Waals surface area contributed by atoms with Crippen molar-refractivity contribution in [2.24, 2.45) is 5.92 Å². The Morgan fingerprint density at radius 3 is 2.88 bits per heavy atom. The summed E-state index contributed by atoms with van der Waals surface area (Å²) in [5.74, 6) is 0.0409. The average molecular weight is 238 g/mol. The van der Waals surface area contributed by atoms with Crippen molar-refractivity contribution >= 4 is 11.6 Å². The molecule has 0 aliphatic heterocycles. The normalized spacial score (nSPS) is 12.4. The van der Waals surface area contributed by atoms with Crippen molar-refractivity contribution in [3.8, 4) is 6.07 Å². The Hall–Kier alpha value is -1.11. The SMILES string of the molecule is CCN(Cc1cccc(Cl)n1)CC(C)C#N. The molecule has 0 amide bonds. The molecule has 0 fully saturated rings. The second-order valence-electron chi connectivity index (χ2n) is 3.81. The molecule has 1 atom stereocenters. The fraction of sp³-hybridized carbons (Fsp3) is 0.500. The fourth-order valence-corrected chi connectivity index (χ4v) is 1.68. The Morgan fingerprint density at radius 1 is 1.56 bits per heavy atom. The second-order valence-corrected chi connectivity index (χ2v) is 4.20. The number of nitrogens with zero attached hydrogens (tertiary/aromatic N) is 3. The molecule has 1 unspecified atom stereocenters. The summed E-state index contributed by atoms with van der Waals surface area (Å²) in [6, 6.07) is 7.85. The summed E-state index contributed by atoms with van der Waals surface area (Å²) < 4.78 is 0. The molecule has 3 nitrogen and oxygen atoms in total. The quantitative estimate of drug-likeness (QED) is 0.740. The van der Waals surface area contributed by atoms with E-state index < -0.39 is 0 Å². The molecular weight excluding hydrogens is 222 g/mol. The van der Waals surface area contributed by atoms with Gasteiger partial charge in [-0.2, -0.15) is 5.26 Å². The molecule has 4 heteroatoms.